The van der Waals surface area contributed by atoms with Crippen molar-refractivity contribution >= 4 is 29.3 Å². The van der Waals surface area contributed by atoms with Crippen LogP contribution in [0.5, 0.6) is 0 Å². The number of piperazine rings is 1. The van der Waals surface area contributed by atoms with E-state index in [4.69, 9.17) is 16.3 Å². The fraction of sp³-hybridized carbons (Fsp3) is 0.500. The number of amides is 2. The van der Waals surface area contributed by atoms with Crippen LogP contribution in [-0.2, 0) is 9.53 Å². The number of rotatable bonds is 5. The summed E-state index contributed by atoms with van der Waals surface area (Å²) in [6, 6.07) is 7.04. The Hall–Kier alpha value is -1.79. The molecule has 126 valence electrons. The average Bonchev–Trinajstić information content (AvgIpc) is 2.56. The normalized spacial score (nSPS) is 15.3. The van der Waals surface area contributed by atoms with Gasteiger partial charge >= 0.3 is 6.09 Å². The van der Waals surface area contributed by atoms with E-state index >= 15 is 0 Å². The van der Waals surface area contributed by atoms with Crippen molar-refractivity contribution in [3.05, 3.63) is 29.3 Å². The first-order valence-electron chi connectivity index (χ1n) is 7.78. The van der Waals surface area contributed by atoms with Gasteiger partial charge in [-0.2, -0.15) is 0 Å². The third-order valence-electron chi connectivity index (χ3n) is 3.68. The molecule has 1 aromatic carbocycles. The van der Waals surface area contributed by atoms with Gasteiger partial charge in [0.15, 0.2) is 0 Å². The van der Waals surface area contributed by atoms with Crippen LogP contribution < -0.4 is 5.32 Å². The van der Waals surface area contributed by atoms with Gasteiger partial charge in [0, 0.05) is 49.9 Å². The van der Waals surface area contributed by atoms with Gasteiger partial charge in [-0.05, 0) is 31.2 Å². The van der Waals surface area contributed by atoms with Gasteiger partial charge in [0.25, 0.3) is 0 Å². The number of hydrogen-bond donors (Lipinski definition) is 1. The number of anilines is 1. The highest BCUT2D eigenvalue weighted by Crippen LogP contribution is 2.13. The smallest absolute Gasteiger partial charge is 0.409 e. The maximum Gasteiger partial charge on any atom is 0.409 e. The number of halogens is 1. The summed E-state index contributed by atoms with van der Waals surface area (Å²) in [5, 5.41) is 3.48. The molecule has 0 radical (unpaired) electrons. The highest BCUT2D eigenvalue weighted by molar-refractivity contribution is 6.30. The van der Waals surface area contributed by atoms with Crippen LogP contribution >= 0.6 is 11.6 Å². The molecule has 1 aliphatic heterocycles. The number of carbonyl (C=O) groups is 2. The maximum absolute atomic E-state index is 11.9. The second kappa shape index (κ2) is 8.74. The minimum absolute atomic E-state index is 0.0276. The topological polar surface area (TPSA) is 61.9 Å². The summed E-state index contributed by atoms with van der Waals surface area (Å²) >= 11 is 5.81. The Kier molecular flexibility index (Phi) is 6.67. The molecule has 1 aliphatic rings. The first kappa shape index (κ1) is 17.6. The molecule has 2 rings (SSSR count). The van der Waals surface area contributed by atoms with E-state index in [0.29, 0.717) is 37.7 Å². The van der Waals surface area contributed by atoms with Crippen molar-refractivity contribution in [1.82, 2.24) is 9.80 Å². The molecule has 0 bridgehead atoms. The van der Waals surface area contributed by atoms with Crippen LogP contribution in [0.25, 0.3) is 0 Å². The number of benzene rings is 1. The first-order chi connectivity index (χ1) is 11.1. The van der Waals surface area contributed by atoms with Gasteiger partial charge in [0.2, 0.25) is 5.91 Å². The summed E-state index contributed by atoms with van der Waals surface area (Å²) in [7, 11) is 0. The first-order valence-corrected chi connectivity index (χ1v) is 8.15. The molecular weight excluding hydrogens is 318 g/mol. The molecule has 0 aromatic heterocycles. The molecule has 0 saturated carbocycles. The van der Waals surface area contributed by atoms with Crippen molar-refractivity contribution in [2.45, 2.75) is 13.3 Å². The van der Waals surface area contributed by atoms with Gasteiger partial charge in [-0.3, -0.25) is 9.69 Å². The average molecular weight is 340 g/mol. The van der Waals surface area contributed by atoms with Crippen molar-refractivity contribution in [1.29, 1.82) is 0 Å². The summed E-state index contributed by atoms with van der Waals surface area (Å²) in [5.74, 6) is -0.0276. The van der Waals surface area contributed by atoms with Crippen LogP contribution in [0.1, 0.15) is 13.3 Å². The highest BCUT2D eigenvalue weighted by atomic mass is 35.5. The summed E-state index contributed by atoms with van der Waals surface area (Å²) in [5.41, 5.74) is 0.742. The van der Waals surface area contributed by atoms with Crippen molar-refractivity contribution in [2.24, 2.45) is 0 Å². The van der Waals surface area contributed by atoms with Crippen LogP contribution in [0, 0.1) is 0 Å². The zero-order valence-corrected chi connectivity index (χ0v) is 14.0. The van der Waals surface area contributed by atoms with Crippen LogP contribution in [0.2, 0.25) is 5.02 Å². The molecular formula is C16H22ClN3O3. The van der Waals surface area contributed by atoms with E-state index in [0.717, 1.165) is 18.8 Å². The van der Waals surface area contributed by atoms with E-state index in [-0.39, 0.29) is 12.0 Å². The summed E-state index contributed by atoms with van der Waals surface area (Å²) in [6.07, 6.45) is 0.162. The number of hydrogen-bond acceptors (Lipinski definition) is 4. The SMILES string of the molecule is CCOC(=O)N1CCN(CCC(=O)Nc2ccc(Cl)cc2)CC1. The Morgan fingerprint density at radius 3 is 2.43 bits per heavy atom. The summed E-state index contributed by atoms with van der Waals surface area (Å²) in [6.45, 7) is 5.66. The minimum Gasteiger partial charge on any atom is -0.450 e. The molecule has 1 N–H and O–H groups in total. The lowest BCUT2D eigenvalue weighted by Gasteiger charge is -2.33. The lowest BCUT2D eigenvalue weighted by Crippen LogP contribution is -2.49. The molecule has 23 heavy (non-hydrogen) atoms. The zero-order chi connectivity index (χ0) is 16.7. The second-order valence-corrected chi connectivity index (χ2v) is 5.77. The Morgan fingerprint density at radius 1 is 1.17 bits per heavy atom. The van der Waals surface area contributed by atoms with Crippen molar-refractivity contribution in [3.8, 4) is 0 Å². The van der Waals surface area contributed by atoms with E-state index in [2.05, 4.69) is 10.2 Å². The predicted octanol–water partition coefficient (Wildman–Crippen LogP) is 2.44. The maximum atomic E-state index is 11.9. The van der Waals surface area contributed by atoms with Gasteiger partial charge in [-0.15, -0.1) is 0 Å². The van der Waals surface area contributed by atoms with Gasteiger partial charge in [-0.25, -0.2) is 4.79 Å². The van der Waals surface area contributed by atoms with Gasteiger partial charge < -0.3 is 15.0 Å². The monoisotopic (exact) mass is 339 g/mol. The molecule has 0 unspecified atom stereocenters. The van der Waals surface area contributed by atoms with E-state index in [1.165, 1.54) is 0 Å². The number of carbonyl (C=O) groups excluding carboxylic acids is 2. The molecule has 2 amide bonds. The fourth-order valence-electron chi connectivity index (χ4n) is 2.39. The molecule has 1 heterocycles. The van der Waals surface area contributed by atoms with Crippen LogP contribution in [-0.4, -0.2) is 61.1 Å². The Balaban J connectivity index is 1.67. The molecule has 0 atom stereocenters. The van der Waals surface area contributed by atoms with Crippen LogP contribution in [0.3, 0.4) is 0 Å². The standard InChI is InChI=1S/C16H22ClN3O3/c1-2-23-16(22)20-11-9-19(10-12-20)8-7-15(21)18-14-5-3-13(17)4-6-14/h3-6H,2,7-12H2,1H3,(H,18,21). The quantitative estimate of drug-likeness (QED) is 0.895. The number of ether oxygens (including phenoxy) is 1. The summed E-state index contributed by atoms with van der Waals surface area (Å²) < 4.78 is 4.98. The zero-order valence-electron chi connectivity index (χ0n) is 13.3. The molecule has 1 aromatic rings. The van der Waals surface area contributed by atoms with E-state index < -0.39 is 0 Å². The van der Waals surface area contributed by atoms with Crippen LogP contribution in [0.15, 0.2) is 24.3 Å². The molecule has 0 aliphatic carbocycles. The molecule has 1 saturated heterocycles. The predicted molar refractivity (Wildman–Crippen MR) is 89.7 cm³/mol. The van der Waals surface area contributed by atoms with E-state index in [1.54, 1.807) is 36.1 Å². The van der Waals surface area contributed by atoms with Gasteiger partial charge in [-0.1, -0.05) is 11.6 Å². The fourth-order valence-corrected chi connectivity index (χ4v) is 2.51. The Bertz CT molecular complexity index is 528. The van der Waals surface area contributed by atoms with E-state index in [1.807, 2.05) is 0 Å². The third kappa shape index (κ3) is 5.73. The third-order valence-corrected chi connectivity index (χ3v) is 3.93. The van der Waals surface area contributed by atoms with Gasteiger partial charge in [0.05, 0.1) is 6.61 Å². The van der Waals surface area contributed by atoms with Crippen molar-refractivity contribution in [2.75, 3.05) is 44.6 Å². The number of nitrogens with one attached hydrogen (secondary N) is 1. The van der Waals surface area contributed by atoms with Crippen molar-refractivity contribution in [3.63, 3.8) is 0 Å². The molecule has 0 spiro atoms. The van der Waals surface area contributed by atoms with Crippen LogP contribution in [0.4, 0.5) is 10.5 Å². The highest BCUT2D eigenvalue weighted by Gasteiger charge is 2.21. The minimum atomic E-state index is -0.257. The molecule has 7 heteroatoms. The van der Waals surface area contributed by atoms with Crippen molar-refractivity contribution < 1.29 is 14.3 Å². The molecule has 6 nitrogen and oxygen atoms in total. The lowest BCUT2D eigenvalue weighted by molar-refractivity contribution is -0.116. The van der Waals surface area contributed by atoms with Gasteiger partial charge in [0.1, 0.15) is 0 Å². The van der Waals surface area contributed by atoms with E-state index in [9.17, 15) is 9.59 Å². The Labute approximate surface area is 141 Å². The summed E-state index contributed by atoms with van der Waals surface area (Å²) in [4.78, 5) is 27.4. The second-order valence-electron chi connectivity index (χ2n) is 5.33. The molecule has 1 fully saturated rings. The Morgan fingerprint density at radius 2 is 1.83 bits per heavy atom. The number of nitrogens with zero attached hydrogens (tertiary/aromatic N) is 2. The lowest BCUT2D eigenvalue weighted by atomic mass is 10.2. The largest absolute Gasteiger partial charge is 0.450 e.